The zero-order valence-electron chi connectivity index (χ0n) is 8.10. The number of aromatic nitrogens is 1. The number of nitrogens with zero attached hydrogens (tertiary/aromatic N) is 1. The molecule has 6 heteroatoms. The van der Waals surface area contributed by atoms with Crippen molar-refractivity contribution in [2.75, 3.05) is 6.61 Å². The molecule has 0 radical (unpaired) electrons. The summed E-state index contributed by atoms with van der Waals surface area (Å²) in [7, 11) is 0. The van der Waals surface area contributed by atoms with Gasteiger partial charge in [0.2, 0.25) is 5.82 Å². The fourth-order valence-electron chi connectivity index (χ4n) is 0.903. The van der Waals surface area contributed by atoms with Crippen LogP contribution < -0.4 is 5.06 Å². The predicted octanol–water partition coefficient (Wildman–Crippen LogP) is -0.814. The fraction of sp³-hybridized carbons (Fsp3) is 0.222. The minimum absolute atomic E-state index is 0.0556. The minimum Gasteiger partial charge on any atom is -0.620 e. The van der Waals surface area contributed by atoms with Crippen molar-refractivity contribution in [3.63, 3.8) is 0 Å². The molecule has 0 aliphatic rings. The minimum atomic E-state index is -1.20. The fourth-order valence-corrected chi connectivity index (χ4v) is 0.903. The molecule has 0 aliphatic heterocycles. The molecule has 0 spiro atoms. The first-order valence-electron chi connectivity index (χ1n) is 4.33. The van der Waals surface area contributed by atoms with Gasteiger partial charge in [-0.3, -0.25) is 0 Å². The highest BCUT2D eigenvalue weighted by Gasteiger charge is 2.25. The van der Waals surface area contributed by atoms with Crippen LogP contribution in [-0.2, 0) is 14.3 Å². The van der Waals surface area contributed by atoms with Crippen LogP contribution in [0.2, 0.25) is 0 Å². The maximum absolute atomic E-state index is 11.3. The number of quaternary nitrogens is 1. The van der Waals surface area contributed by atoms with E-state index in [9.17, 15) is 14.8 Å². The summed E-state index contributed by atoms with van der Waals surface area (Å²) in [6, 6.07) is 4.52. The van der Waals surface area contributed by atoms with Gasteiger partial charge in [0, 0.05) is 12.3 Å². The summed E-state index contributed by atoms with van der Waals surface area (Å²) >= 11 is 0. The Bertz CT molecular complexity index is 352. The van der Waals surface area contributed by atoms with E-state index in [-0.39, 0.29) is 12.4 Å². The molecule has 1 atom stereocenters. The summed E-state index contributed by atoms with van der Waals surface area (Å²) in [6.45, 7) is 1.61. The molecule has 0 fully saturated rings. The smallest absolute Gasteiger partial charge is 0.437 e. The number of esters is 1. The van der Waals surface area contributed by atoms with E-state index in [2.05, 4.69) is 9.72 Å². The van der Waals surface area contributed by atoms with Crippen molar-refractivity contribution in [2.24, 2.45) is 0 Å². The third-order valence-electron chi connectivity index (χ3n) is 1.56. The Morgan fingerprint density at radius 2 is 2.27 bits per heavy atom. The Morgan fingerprint density at radius 3 is 2.80 bits per heavy atom. The lowest BCUT2D eigenvalue weighted by Gasteiger charge is -2.15. The summed E-state index contributed by atoms with van der Waals surface area (Å²) in [6.07, 6.45) is 1.37. The quantitative estimate of drug-likeness (QED) is 0.392. The van der Waals surface area contributed by atoms with E-state index in [0.717, 1.165) is 0 Å². The Labute approximate surface area is 86.1 Å². The lowest BCUT2D eigenvalue weighted by Crippen LogP contribution is -3.06. The first kappa shape index (κ1) is 11.3. The number of hydrogen-bond donors (Lipinski definition) is 1. The molecule has 1 unspecified atom stereocenters. The summed E-state index contributed by atoms with van der Waals surface area (Å²) in [4.78, 5) is 25.8. The molecule has 0 saturated carbocycles. The van der Waals surface area contributed by atoms with E-state index in [4.69, 9.17) is 0 Å². The van der Waals surface area contributed by atoms with Gasteiger partial charge in [-0.05, 0) is 13.0 Å². The van der Waals surface area contributed by atoms with Crippen LogP contribution in [0.5, 0.6) is 0 Å². The Morgan fingerprint density at radius 1 is 1.53 bits per heavy atom. The Kier molecular flexibility index (Phi) is 3.90. The van der Waals surface area contributed by atoms with Gasteiger partial charge in [0.1, 0.15) is 0 Å². The second kappa shape index (κ2) is 5.18. The first-order valence-corrected chi connectivity index (χ1v) is 4.33. The molecule has 0 aliphatic carbocycles. The zero-order chi connectivity index (χ0) is 11.3. The highest BCUT2D eigenvalue weighted by Crippen LogP contribution is 1.92. The highest BCUT2D eigenvalue weighted by molar-refractivity contribution is 6.28. The standard InChI is InChI=1S/C9H10N2O4/c1-2-15-9(13)8(12)11(14)7-5-3-4-6-10-7/h3-6,11H,2H2,1H3. The van der Waals surface area contributed by atoms with Crippen molar-refractivity contribution < 1.29 is 19.4 Å². The maximum atomic E-state index is 11.3. The number of ether oxygens (including phenoxy) is 1. The number of carbonyl (C=O) groups excluding carboxylic acids is 2. The van der Waals surface area contributed by atoms with Crippen molar-refractivity contribution in [1.82, 2.24) is 4.98 Å². The summed E-state index contributed by atoms with van der Waals surface area (Å²) in [5.41, 5.74) is 0. The second-order valence-corrected chi connectivity index (χ2v) is 2.59. The van der Waals surface area contributed by atoms with Crippen LogP contribution in [-0.4, -0.2) is 23.5 Å². The van der Waals surface area contributed by atoms with Gasteiger partial charge in [0.25, 0.3) is 0 Å². The Balaban J connectivity index is 2.73. The molecule has 1 heterocycles. The SMILES string of the molecule is CCOC(=O)C(=O)[NH+]([O-])c1ccccn1. The number of rotatable bonds is 2. The van der Waals surface area contributed by atoms with Gasteiger partial charge in [-0.25, -0.2) is 19.6 Å². The molecule has 15 heavy (non-hydrogen) atoms. The van der Waals surface area contributed by atoms with Gasteiger partial charge in [-0.15, -0.1) is 0 Å². The Hall–Kier alpha value is -1.79. The van der Waals surface area contributed by atoms with Crippen LogP contribution in [0.25, 0.3) is 0 Å². The van der Waals surface area contributed by atoms with Crippen LogP contribution in [0.4, 0.5) is 5.82 Å². The van der Waals surface area contributed by atoms with Crippen molar-refractivity contribution >= 4 is 17.7 Å². The summed E-state index contributed by atoms with van der Waals surface area (Å²) in [5.74, 6) is -2.40. The van der Waals surface area contributed by atoms with Crippen LogP contribution in [0, 0.1) is 5.21 Å². The van der Waals surface area contributed by atoms with Gasteiger partial charge >= 0.3 is 11.9 Å². The van der Waals surface area contributed by atoms with Gasteiger partial charge < -0.3 is 9.94 Å². The molecular weight excluding hydrogens is 200 g/mol. The number of amides is 1. The van der Waals surface area contributed by atoms with Crippen molar-refractivity contribution in [3.8, 4) is 0 Å². The van der Waals surface area contributed by atoms with Crippen LogP contribution in [0.1, 0.15) is 6.92 Å². The normalized spacial score (nSPS) is 11.9. The van der Waals surface area contributed by atoms with E-state index in [1.54, 1.807) is 19.1 Å². The number of carbonyl (C=O) groups is 2. The van der Waals surface area contributed by atoms with Crippen LogP contribution in [0.3, 0.4) is 0 Å². The van der Waals surface area contributed by atoms with E-state index in [1.165, 1.54) is 12.3 Å². The van der Waals surface area contributed by atoms with Gasteiger partial charge in [0.05, 0.1) is 6.61 Å². The van der Waals surface area contributed by atoms with Crippen molar-refractivity contribution in [2.45, 2.75) is 6.92 Å². The van der Waals surface area contributed by atoms with E-state index >= 15 is 0 Å². The maximum Gasteiger partial charge on any atom is 0.437 e. The van der Waals surface area contributed by atoms with E-state index < -0.39 is 16.9 Å². The monoisotopic (exact) mass is 210 g/mol. The van der Waals surface area contributed by atoms with Crippen LogP contribution in [0.15, 0.2) is 24.4 Å². The van der Waals surface area contributed by atoms with Crippen molar-refractivity contribution in [3.05, 3.63) is 29.6 Å². The molecule has 0 bridgehead atoms. The molecule has 1 aromatic heterocycles. The average Bonchev–Trinajstić information content (AvgIpc) is 2.28. The molecule has 1 N–H and O–H groups in total. The van der Waals surface area contributed by atoms with Gasteiger partial charge in [0.15, 0.2) is 0 Å². The molecule has 1 amide bonds. The van der Waals surface area contributed by atoms with E-state index in [0.29, 0.717) is 0 Å². The number of hydroxylamine groups is 1. The topological polar surface area (TPSA) is 83.8 Å². The number of hydrogen-bond acceptors (Lipinski definition) is 5. The van der Waals surface area contributed by atoms with Gasteiger partial charge in [-0.2, -0.15) is 0 Å². The van der Waals surface area contributed by atoms with Crippen molar-refractivity contribution in [1.29, 1.82) is 0 Å². The molecular formula is C9H10N2O4. The molecule has 1 aromatic rings. The largest absolute Gasteiger partial charge is 0.620 e. The lowest BCUT2D eigenvalue weighted by molar-refractivity contribution is -0.688. The summed E-state index contributed by atoms with van der Waals surface area (Å²) < 4.78 is 4.41. The molecule has 80 valence electrons. The third kappa shape index (κ3) is 2.83. The van der Waals surface area contributed by atoms with E-state index in [1.807, 2.05) is 0 Å². The molecule has 0 aromatic carbocycles. The number of pyridine rings is 1. The zero-order valence-corrected chi connectivity index (χ0v) is 8.10. The summed E-state index contributed by atoms with van der Waals surface area (Å²) in [5, 5.41) is 10.4. The lowest BCUT2D eigenvalue weighted by atomic mass is 10.4. The third-order valence-corrected chi connectivity index (χ3v) is 1.56. The van der Waals surface area contributed by atoms with Gasteiger partial charge in [-0.1, -0.05) is 6.07 Å². The molecule has 6 nitrogen and oxygen atoms in total. The second-order valence-electron chi connectivity index (χ2n) is 2.59. The molecule has 0 saturated heterocycles. The first-order chi connectivity index (χ1) is 7.16. The average molecular weight is 210 g/mol. The van der Waals surface area contributed by atoms with Crippen LogP contribution >= 0.6 is 0 Å². The predicted molar refractivity (Wildman–Crippen MR) is 49.9 cm³/mol. The number of nitrogens with one attached hydrogen (secondary N) is 1. The molecule has 1 rings (SSSR count). The highest BCUT2D eigenvalue weighted by atomic mass is 16.6.